The van der Waals surface area contributed by atoms with Crippen molar-refractivity contribution in [3.8, 4) is 0 Å². The number of aromatic nitrogens is 1. The molecule has 11 heteroatoms. The van der Waals surface area contributed by atoms with E-state index in [0.717, 1.165) is 37.7 Å². The first-order chi connectivity index (χ1) is 15.6. The van der Waals surface area contributed by atoms with E-state index >= 15 is 0 Å². The largest absolute Gasteiger partial charge is 0.417 e. The molecule has 1 fully saturated rings. The van der Waals surface area contributed by atoms with Gasteiger partial charge in [0.1, 0.15) is 5.01 Å². The molecule has 0 aliphatic carbocycles. The zero-order chi connectivity index (χ0) is 23.8. The summed E-state index contributed by atoms with van der Waals surface area (Å²) in [4.78, 5) is 18.3. The summed E-state index contributed by atoms with van der Waals surface area (Å²) in [7, 11) is -2.65. The fraction of sp³-hybridized carbons (Fsp3) is 0.364. The lowest BCUT2D eigenvalue weighted by molar-refractivity contribution is -0.140. The van der Waals surface area contributed by atoms with Gasteiger partial charge < -0.3 is 4.90 Å². The summed E-state index contributed by atoms with van der Waals surface area (Å²) in [6.45, 7) is 0.315. The molecule has 0 bridgehead atoms. The van der Waals surface area contributed by atoms with E-state index in [9.17, 15) is 26.4 Å². The minimum atomic E-state index is -4.78. The molecule has 2 heterocycles. The second kappa shape index (κ2) is 9.03. The summed E-state index contributed by atoms with van der Waals surface area (Å²) in [6.07, 6.45) is -4.28. The molecule has 4 rings (SSSR count). The third kappa shape index (κ3) is 4.90. The Bertz CT molecular complexity index is 1230. The number of para-hydroxylation sites is 1. The minimum Gasteiger partial charge on any atom is -0.339 e. The molecule has 0 radical (unpaired) electrons. The Labute approximate surface area is 193 Å². The monoisotopic (exact) mass is 497 g/mol. The number of halogens is 3. The van der Waals surface area contributed by atoms with E-state index in [2.05, 4.69) is 4.98 Å². The van der Waals surface area contributed by atoms with Gasteiger partial charge in [0.25, 0.3) is 0 Å². The quantitative estimate of drug-likeness (QED) is 0.525. The molecule has 0 saturated carbocycles. The molecule has 0 N–H and O–H groups in total. The van der Waals surface area contributed by atoms with Crippen molar-refractivity contribution < 1.29 is 26.4 Å². The maximum Gasteiger partial charge on any atom is 0.417 e. The van der Waals surface area contributed by atoms with Crippen LogP contribution in [0.4, 0.5) is 13.2 Å². The molecule has 1 aliphatic heterocycles. The zero-order valence-corrected chi connectivity index (χ0v) is 19.4. The first kappa shape index (κ1) is 23.7. The molecule has 2 aromatic carbocycles. The standard InChI is InChI=1S/C22H22F3N3O3S2/c1-27(14-20-26-17-7-3-4-8-18(17)32-20)21(29)15-10-12-28(13-11-15)33(30,31)19-9-5-2-6-16(19)22(23,24)25/h2-9,15H,10-14H2,1H3. The highest BCUT2D eigenvalue weighted by molar-refractivity contribution is 7.89. The fourth-order valence-electron chi connectivity index (χ4n) is 3.99. The number of rotatable bonds is 5. The lowest BCUT2D eigenvalue weighted by Gasteiger charge is -2.32. The van der Waals surface area contributed by atoms with Crippen molar-refractivity contribution in [3.63, 3.8) is 0 Å². The van der Waals surface area contributed by atoms with Crippen LogP contribution in [0.2, 0.25) is 0 Å². The van der Waals surface area contributed by atoms with Gasteiger partial charge in [-0.05, 0) is 37.1 Å². The molecule has 1 amide bonds. The predicted octanol–water partition coefficient (Wildman–Crippen LogP) is 4.37. The minimum absolute atomic E-state index is 0.0140. The van der Waals surface area contributed by atoms with Gasteiger partial charge in [0.2, 0.25) is 15.9 Å². The lowest BCUT2D eigenvalue weighted by atomic mass is 9.97. The number of fused-ring (bicyclic) bond motifs is 1. The molecule has 1 aliphatic rings. The Balaban J connectivity index is 1.41. The van der Waals surface area contributed by atoms with Crippen LogP contribution in [0.5, 0.6) is 0 Å². The van der Waals surface area contributed by atoms with E-state index in [1.54, 1.807) is 11.9 Å². The van der Waals surface area contributed by atoms with Crippen molar-refractivity contribution in [2.75, 3.05) is 20.1 Å². The summed E-state index contributed by atoms with van der Waals surface area (Å²) in [5.41, 5.74) is -0.310. The Hall–Kier alpha value is -2.50. The Morgan fingerprint density at radius 2 is 1.76 bits per heavy atom. The van der Waals surface area contributed by atoms with Gasteiger partial charge in [0, 0.05) is 26.1 Å². The lowest BCUT2D eigenvalue weighted by Crippen LogP contribution is -2.43. The van der Waals surface area contributed by atoms with Gasteiger partial charge in [-0.1, -0.05) is 24.3 Å². The topological polar surface area (TPSA) is 70.6 Å². The average molecular weight is 498 g/mol. The van der Waals surface area contributed by atoms with Crippen LogP contribution in [0.25, 0.3) is 10.2 Å². The van der Waals surface area contributed by atoms with E-state index < -0.39 is 32.6 Å². The number of alkyl halides is 3. The molecule has 0 atom stereocenters. The highest BCUT2D eigenvalue weighted by Crippen LogP contribution is 2.36. The van der Waals surface area contributed by atoms with Crippen LogP contribution in [-0.4, -0.2) is 48.7 Å². The first-order valence-corrected chi connectivity index (χ1v) is 12.6. The van der Waals surface area contributed by atoms with Gasteiger partial charge in [0.15, 0.2) is 0 Å². The molecule has 176 valence electrons. The molecule has 6 nitrogen and oxygen atoms in total. The number of piperidine rings is 1. The molecular weight excluding hydrogens is 475 g/mol. The van der Waals surface area contributed by atoms with Crippen molar-refractivity contribution >= 4 is 37.5 Å². The fourth-order valence-corrected chi connectivity index (χ4v) is 6.69. The van der Waals surface area contributed by atoms with E-state index in [1.807, 2.05) is 24.3 Å². The summed E-state index contributed by atoms with van der Waals surface area (Å²) in [6, 6.07) is 11.9. The van der Waals surface area contributed by atoms with Crippen LogP contribution in [0.1, 0.15) is 23.4 Å². The number of amides is 1. The van der Waals surface area contributed by atoms with E-state index in [4.69, 9.17) is 0 Å². The van der Waals surface area contributed by atoms with Gasteiger partial charge in [-0.25, -0.2) is 13.4 Å². The van der Waals surface area contributed by atoms with Crippen molar-refractivity contribution in [2.24, 2.45) is 5.92 Å². The summed E-state index contributed by atoms with van der Waals surface area (Å²) >= 11 is 1.51. The maximum atomic E-state index is 13.3. The molecule has 3 aromatic rings. The Morgan fingerprint density at radius 3 is 2.42 bits per heavy atom. The van der Waals surface area contributed by atoms with Gasteiger partial charge in [-0.15, -0.1) is 11.3 Å². The van der Waals surface area contributed by atoms with E-state index in [-0.39, 0.29) is 31.8 Å². The third-order valence-corrected chi connectivity index (χ3v) is 8.68. The number of carbonyl (C=O) groups excluding carboxylic acids is 1. The van der Waals surface area contributed by atoms with Gasteiger partial charge in [-0.3, -0.25) is 4.79 Å². The third-order valence-electron chi connectivity index (χ3n) is 5.70. The first-order valence-electron chi connectivity index (χ1n) is 10.3. The van der Waals surface area contributed by atoms with Crippen LogP contribution in [-0.2, 0) is 27.5 Å². The van der Waals surface area contributed by atoms with Crippen LogP contribution in [0.3, 0.4) is 0 Å². The summed E-state index contributed by atoms with van der Waals surface area (Å²) in [5, 5.41) is 0.802. The second-order valence-corrected chi connectivity index (χ2v) is 11.0. The number of carbonyl (C=O) groups is 1. The number of hydrogen-bond donors (Lipinski definition) is 0. The van der Waals surface area contributed by atoms with Crippen LogP contribution < -0.4 is 0 Å². The van der Waals surface area contributed by atoms with Crippen LogP contribution in [0.15, 0.2) is 53.4 Å². The predicted molar refractivity (Wildman–Crippen MR) is 119 cm³/mol. The number of hydrogen-bond acceptors (Lipinski definition) is 5. The number of nitrogens with zero attached hydrogens (tertiary/aromatic N) is 3. The molecule has 0 spiro atoms. The zero-order valence-electron chi connectivity index (χ0n) is 17.7. The summed E-state index contributed by atoms with van der Waals surface area (Å²) < 4.78 is 67.8. The highest BCUT2D eigenvalue weighted by atomic mass is 32.2. The number of sulfonamides is 1. The second-order valence-electron chi connectivity index (χ2n) is 7.94. The Kier molecular flexibility index (Phi) is 6.47. The van der Waals surface area contributed by atoms with E-state index in [0.29, 0.717) is 6.54 Å². The highest BCUT2D eigenvalue weighted by Gasteiger charge is 2.40. The van der Waals surface area contributed by atoms with Gasteiger partial charge in [-0.2, -0.15) is 17.5 Å². The molecule has 1 saturated heterocycles. The van der Waals surface area contributed by atoms with Crippen molar-refractivity contribution in [1.82, 2.24) is 14.2 Å². The Morgan fingerprint density at radius 1 is 1.12 bits per heavy atom. The van der Waals surface area contributed by atoms with Gasteiger partial charge >= 0.3 is 6.18 Å². The molecule has 1 aromatic heterocycles. The van der Waals surface area contributed by atoms with E-state index in [1.165, 1.54) is 17.4 Å². The van der Waals surface area contributed by atoms with Crippen molar-refractivity contribution in [1.29, 1.82) is 0 Å². The normalized spacial score (nSPS) is 16.2. The van der Waals surface area contributed by atoms with Crippen molar-refractivity contribution in [3.05, 3.63) is 59.1 Å². The molecular formula is C22H22F3N3O3S2. The summed E-state index contributed by atoms with van der Waals surface area (Å²) in [5.74, 6) is -0.518. The molecule has 33 heavy (non-hydrogen) atoms. The maximum absolute atomic E-state index is 13.3. The number of benzene rings is 2. The van der Waals surface area contributed by atoms with Crippen LogP contribution >= 0.6 is 11.3 Å². The number of thiazole rings is 1. The van der Waals surface area contributed by atoms with Crippen molar-refractivity contribution in [2.45, 2.75) is 30.5 Å². The average Bonchev–Trinajstić information content (AvgIpc) is 3.20. The SMILES string of the molecule is CN(Cc1nc2ccccc2s1)C(=O)C1CCN(S(=O)(=O)c2ccccc2C(F)(F)F)CC1. The molecule has 0 unspecified atom stereocenters. The smallest absolute Gasteiger partial charge is 0.339 e. The van der Waals surface area contributed by atoms with Crippen LogP contribution in [0, 0.1) is 5.92 Å². The van der Waals surface area contributed by atoms with Gasteiger partial charge in [0.05, 0.1) is 27.2 Å².